The summed E-state index contributed by atoms with van der Waals surface area (Å²) in [5.74, 6) is -0.374. The SMILES string of the molecule is O=CC(=O)C1CN(Cc2ccccc2)C[C@@H](Cc2cccc3ccccc23)N1. The maximum absolute atomic E-state index is 12.1. The number of carbonyl (C=O) groups excluding carboxylic acids is 2. The lowest BCUT2D eigenvalue weighted by molar-refractivity contribution is -0.132. The summed E-state index contributed by atoms with van der Waals surface area (Å²) in [4.78, 5) is 25.5. The second kappa shape index (κ2) is 8.46. The van der Waals surface area contributed by atoms with Crippen LogP contribution in [-0.2, 0) is 22.6 Å². The molecule has 4 nitrogen and oxygen atoms in total. The zero-order valence-corrected chi connectivity index (χ0v) is 15.8. The van der Waals surface area contributed by atoms with E-state index in [-0.39, 0.29) is 11.8 Å². The molecule has 0 aromatic heterocycles. The maximum atomic E-state index is 12.1. The number of aldehydes is 1. The fourth-order valence-electron chi connectivity index (χ4n) is 4.12. The monoisotopic (exact) mass is 372 g/mol. The van der Waals surface area contributed by atoms with Crippen molar-refractivity contribution in [2.45, 2.75) is 25.0 Å². The Kier molecular flexibility index (Phi) is 5.60. The molecule has 1 aliphatic rings. The molecule has 4 rings (SSSR count). The number of nitrogens with one attached hydrogen (secondary N) is 1. The Morgan fingerprint density at radius 3 is 2.54 bits per heavy atom. The molecule has 1 saturated heterocycles. The Balaban J connectivity index is 1.56. The lowest BCUT2D eigenvalue weighted by Gasteiger charge is -2.38. The molecule has 142 valence electrons. The van der Waals surface area contributed by atoms with E-state index in [0.717, 1.165) is 19.5 Å². The van der Waals surface area contributed by atoms with E-state index in [1.807, 2.05) is 24.3 Å². The van der Waals surface area contributed by atoms with Gasteiger partial charge in [0.05, 0.1) is 6.04 Å². The smallest absolute Gasteiger partial charge is 0.213 e. The first-order chi connectivity index (χ1) is 13.7. The van der Waals surface area contributed by atoms with Crippen molar-refractivity contribution in [2.24, 2.45) is 0 Å². The Morgan fingerprint density at radius 1 is 0.964 bits per heavy atom. The minimum absolute atomic E-state index is 0.108. The van der Waals surface area contributed by atoms with Crippen LogP contribution in [0.4, 0.5) is 0 Å². The first-order valence-electron chi connectivity index (χ1n) is 9.71. The Bertz CT molecular complexity index is 965. The Morgan fingerprint density at radius 2 is 1.71 bits per heavy atom. The zero-order valence-electron chi connectivity index (χ0n) is 15.8. The normalized spacial score (nSPS) is 20.1. The van der Waals surface area contributed by atoms with Gasteiger partial charge in [-0.1, -0.05) is 72.8 Å². The van der Waals surface area contributed by atoms with Gasteiger partial charge in [-0.15, -0.1) is 0 Å². The van der Waals surface area contributed by atoms with Crippen LogP contribution in [0, 0.1) is 0 Å². The molecule has 3 aromatic rings. The minimum atomic E-state index is -0.449. The number of benzene rings is 3. The van der Waals surface area contributed by atoms with Crippen LogP contribution in [0.2, 0.25) is 0 Å². The number of fused-ring (bicyclic) bond motifs is 1. The lowest BCUT2D eigenvalue weighted by Crippen LogP contribution is -2.59. The number of piperazine rings is 1. The molecule has 1 unspecified atom stereocenters. The summed E-state index contributed by atoms with van der Waals surface area (Å²) in [6.45, 7) is 2.16. The van der Waals surface area contributed by atoms with Gasteiger partial charge in [0.2, 0.25) is 5.78 Å². The molecule has 0 aliphatic carbocycles. The van der Waals surface area contributed by atoms with Crippen LogP contribution in [0.5, 0.6) is 0 Å². The fourth-order valence-corrected chi connectivity index (χ4v) is 4.12. The molecule has 3 aromatic carbocycles. The van der Waals surface area contributed by atoms with E-state index in [2.05, 4.69) is 58.7 Å². The average molecular weight is 372 g/mol. The van der Waals surface area contributed by atoms with Crippen molar-refractivity contribution in [3.05, 3.63) is 83.9 Å². The molecular weight excluding hydrogens is 348 g/mol. The average Bonchev–Trinajstić information content (AvgIpc) is 2.74. The zero-order chi connectivity index (χ0) is 19.3. The van der Waals surface area contributed by atoms with Gasteiger partial charge >= 0.3 is 0 Å². The number of rotatable bonds is 6. The molecule has 1 heterocycles. The number of ketones is 1. The van der Waals surface area contributed by atoms with Crippen molar-refractivity contribution in [3.63, 3.8) is 0 Å². The van der Waals surface area contributed by atoms with Gasteiger partial charge in [0.15, 0.2) is 6.29 Å². The van der Waals surface area contributed by atoms with E-state index in [1.54, 1.807) is 0 Å². The molecule has 0 spiro atoms. The van der Waals surface area contributed by atoms with E-state index in [0.29, 0.717) is 12.8 Å². The van der Waals surface area contributed by atoms with Gasteiger partial charge in [0, 0.05) is 25.7 Å². The molecule has 4 heteroatoms. The molecule has 0 saturated carbocycles. The summed E-state index contributed by atoms with van der Waals surface area (Å²) in [5, 5.41) is 5.87. The third-order valence-electron chi connectivity index (χ3n) is 5.41. The first kappa shape index (κ1) is 18.5. The molecule has 1 N–H and O–H groups in total. The van der Waals surface area contributed by atoms with Crippen molar-refractivity contribution in [3.8, 4) is 0 Å². The van der Waals surface area contributed by atoms with E-state index in [9.17, 15) is 9.59 Å². The summed E-state index contributed by atoms with van der Waals surface area (Å²) in [6.07, 6.45) is 1.26. The third-order valence-corrected chi connectivity index (χ3v) is 5.41. The van der Waals surface area contributed by atoms with Gasteiger partial charge in [-0.3, -0.25) is 14.5 Å². The summed E-state index contributed by atoms with van der Waals surface area (Å²) < 4.78 is 0. The molecule has 2 atom stereocenters. The van der Waals surface area contributed by atoms with Crippen LogP contribution in [-0.4, -0.2) is 42.1 Å². The first-order valence-corrected chi connectivity index (χ1v) is 9.71. The predicted octanol–water partition coefficient (Wildman–Crippen LogP) is 2.99. The molecule has 0 radical (unpaired) electrons. The summed E-state index contributed by atoms with van der Waals surface area (Å²) in [7, 11) is 0. The number of Topliss-reactive ketones (excluding diaryl/α,β-unsaturated/α-hetero) is 1. The van der Waals surface area contributed by atoms with Crippen LogP contribution in [0.1, 0.15) is 11.1 Å². The van der Waals surface area contributed by atoms with Gasteiger partial charge < -0.3 is 5.32 Å². The minimum Gasteiger partial charge on any atom is -0.302 e. The summed E-state index contributed by atoms with van der Waals surface area (Å²) in [6, 6.07) is 24.6. The third kappa shape index (κ3) is 4.19. The highest BCUT2D eigenvalue weighted by molar-refractivity contribution is 6.27. The van der Waals surface area contributed by atoms with Gasteiger partial charge in [0.25, 0.3) is 0 Å². The number of carbonyl (C=O) groups is 2. The van der Waals surface area contributed by atoms with Crippen molar-refractivity contribution >= 4 is 22.8 Å². The second-order valence-electron chi connectivity index (χ2n) is 7.46. The standard InChI is InChI=1S/C24H24N2O2/c27-17-24(28)23-16-26(14-18-7-2-1-3-8-18)15-21(25-23)13-20-11-6-10-19-9-4-5-12-22(19)20/h1-12,17,21,23,25H,13-16H2/t21-,23?/m1/s1. The van der Waals surface area contributed by atoms with Gasteiger partial charge in [0.1, 0.15) is 0 Å². The molecule has 0 amide bonds. The number of nitrogens with zero attached hydrogens (tertiary/aromatic N) is 1. The molecule has 28 heavy (non-hydrogen) atoms. The van der Waals surface area contributed by atoms with Crippen molar-refractivity contribution in [1.82, 2.24) is 10.2 Å². The summed E-state index contributed by atoms with van der Waals surface area (Å²) in [5.41, 5.74) is 2.47. The van der Waals surface area contributed by atoms with Crippen LogP contribution < -0.4 is 5.32 Å². The van der Waals surface area contributed by atoms with Crippen molar-refractivity contribution < 1.29 is 9.59 Å². The van der Waals surface area contributed by atoms with Crippen molar-refractivity contribution in [1.29, 1.82) is 0 Å². The molecule has 1 fully saturated rings. The van der Waals surface area contributed by atoms with Crippen LogP contribution in [0.3, 0.4) is 0 Å². The largest absolute Gasteiger partial charge is 0.302 e. The van der Waals surface area contributed by atoms with E-state index < -0.39 is 6.04 Å². The van der Waals surface area contributed by atoms with Crippen LogP contribution in [0.25, 0.3) is 10.8 Å². The van der Waals surface area contributed by atoms with Crippen molar-refractivity contribution in [2.75, 3.05) is 13.1 Å². The lowest BCUT2D eigenvalue weighted by atomic mass is 9.96. The topological polar surface area (TPSA) is 49.4 Å². The van der Waals surface area contributed by atoms with E-state index in [1.165, 1.54) is 21.9 Å². The van der Waals surface area contributed by atoms with Gasteiger partial charge in [-0.2, -0.15) is 0 Å². The highest BCUT2D eigenvalue weighted by atomic mass is 16.2. The quantitative estimate of drug-likeness (QED) is 0.534. The molecular formula is C24H24N2O2. The Hall–Kier alpha value is -2.82. The summed E-state index contributed by atoms with van der Waals surface area (Å²) >= 11 is 0. The number of hydrogen-bond donors (Lipinski definition) is 1. The van der Waals surface area contributed by atoms with E-state index >= 15 is 0 Å². The predicted molar refractivity (Wildman–Crippen MR) is 111 cm³/mol. The molecule has 0 bridgehead atoms. The van der Waals surface area contributed by atoms with Crippen LogP contribution in [0.15, 0.2) is 72.8 Å². The second-order valence-corrected chi connectivity index (χ2v) is 7.46. The van der Waals surface area contributed by atoms with E-state index in [4.69, 9.17) is 0 Å². The highest BCUT2D eigenvalue weighted by Crippen LogP contribution is 2.21. The molecule has 1 aliphatic heterocycles. The highest BCUT2D eigenvalue weighted by Gasteiger charge is 2.30. The van der Waals surface area contributed by atoms with Gasteiger partial charge in [-0.05, 0) is 28.3 Å². The number of hydrogen-bond acceptors (Lipinski definition) is 4. The Labute approximate surface area is 165 Å². The maximum Gasteiger partial charge on any atom is 0.213 e. The van der Waals surface area contributed by atoms with Gasteiger partial charge in [-0.25, -0.2) is 0 Å². The van der Waals surface area contributed by atoms with Crippen LogP contribution >= 0.6 is 0 Å². The fraction of sp³-hybridized carbons (Fsp3) is 0.250.